The molecule has 0 radical (unpaired) electrons. The Morgan fingerprint density at radius 3 is 2.60 bits per heavy atom. The lowest BCUT2D eigenvalue weighted by atomic mass is 9.75. The Hall–Kier alpha value is -1.98. The largest absolute Gasteiger partial charge is 0.466 e. The molecule has 1 aromatic heterocycles. The van der Waals surface area contributed by atoms with Gasteiger partial charge in [-0.3, -0.25) is 4.79 Å². The third-order valence-electron chi connectivity index (χ3n) is 5.43. The molecular weight excluding hydrogens is 318 g/mol. The van der Waals surface area contributed by atoms with Crippen molar-refractivity contribution in [2.24, 2.45) is 11.3 Å². The van der Waals surface area contributed by atoms with Crippen LogP contribution >= 0.6 is 0 Å². The van der Waals surface area contributed by atoms with Gasteiger partial charge >= 0.3 is 6.03 Å². The first kappa shape index (κ1) is 17.8. The minimum Gasteiger partial charge on any atom is -0.466 e. The maximum absolute atomic E-state index is 12.7. The van der Waals surface area contributed by atoms with Crippen molar-refractivity contribution in [3.63, 3.8) is 0 Å². The molecule has 1 saturated heterocycles. The van der Waals surface area contributed by atoms with Crippen molar-refractivity contribution in [2.75, 3.05) is 20.1 Å². The van der Waals surface area contributed by atoms with Crippen LogP contribution in [0.4, 0.5) is 4.79 Å². The van der Waals surface area contributed by atoms with E-state index in [0.29, 0.717) is 13.1 Å². The monoisotopic (exact) mass is 347 g/mol. The Morgan fingerprint density at radius 1 is 1.28 bits per heavy atom. The summed E-state index contributed by atoms with van der Waals surface area (Å²) in [4.78, 5) is 26.3. The topological polar surface area (TPSA) is 74.6 Å². The summed E-state index contributed by atoms with van der Waals surface area (Å²) in [6.07, 6.45) is 3.25. The average molecular weight is 347 g/mol. The van der Waals surface area contributed by atoms with E-state index in [9.17, 15) is 9.59 Å². The molecule has 138 valence electrons. The highest BCUT2D eigenvalue weighted by Crippen LogP contribution is 2.42. The number of nitrogens with one attached hydrogen (secondary N) is 2. The first-order valence-corrected chi connectivity index (χ1v) is 9.15. The number of hydrogen-bond acceptors (Lipinski definition) is 3. The van der Waals surface area contributed by atoms with Crippen LogP contribution < -0.4 is 10.6 Å². The van der Waals surface area contributed by atoms with Gasteiger partial charge in [0.05, 0.1) is 6.04 Å². The zero-order valence-corrected chi connectivity index (χ0v) is 15.6. The van der Waals surface area contributed by atoms with E-state index in [0.717, 1.165) is 42.8 Å². The molecule has 1 aliphatic carbocycles. The van der Waals surface area contributed by atoms with Gasteiger partial charge in [0.1, 0.15) is 11.5 Å². The van der Waals surface area contributed by atoms with Gasteiger partial charge in [0, 0.05) is 38.0 Å². The lowest BCUT2D eigenvalue weighted by molar-refractivity contribution is -0.125. The van der Waals surface area contributed by atoms with E-state index >= 15 is 0 Å². The fraction of sp³-hybridized carbons (Fsp3) is 0.684. The van der Waals surface area contributed by atoms with Gasteiger partial charge in [-0.1, -0.05) is 13.8 Å². The molecule has 3 amide bonds. The van der Waals surface area contributed by atoms with Crippen LogP contribution in [-0.4, -0.2) is 37.0 Å². The Labute approximate surface area is 149 Å². The molecule has 1 atom stereocenters. The van der Waals surface area contributed by atoms with Gasteiger partial charge in [-0.2, -0.15) is 0 Å². The number of likely N-dealkylation sites (tertiary alicyclic amines) is 1. The standard InChI is InChI=1S/C19H29N3O3/c1-12-9-14-15(10-19(2,3)11-16(14)25-12)21-18(24)22-7-5-13(6-8-22)17(23)20-4/h9,13,15H,5-8,10-11H2,1-4H3,(H,20,23)(H,21,24)/t15-/m1/s1. The van der Waals surface area contributed by atoms with Crippen molar-refractivity contribution < 1.29 is 14.0 Å². The van der Waals surface area contributed by atoms with Crippen LogP contribution in [0.3, 0.4) is 0 Å². The number of aryl methyl sites for hydroxylation is 1. The van der Waals surface area contributed by atoms with Crippen LogP contribution in [0.2, 0.25) is 0 Å². The minimum absolute atomic E-state index is 0.0136. The van der Waals surface area contributed by atoms with E-state index in [1.165, 1.54) is 0 Å². The number of amides is 3. The molecule has 0 saturated carbocycles. The fourth-order valence-corrected chi connectivity index (χ4v) is 4.10. The van der Waals surface area contributed by atoms with Crippen molar-refractivity contribution >= 4 is 11.9 Å². The lowest BCUT2D eigenvalue weighted by Gasteiger charge is -2.37. The summed E-state index contributed by atoms with van der Waals surface area (Å²) in [7, 11) is 1.66. The predicted molar refractivity (Wildman–Crippen MR) is 95.2 cm³/mol. The van der Waals surface area contributed by atoms with Crippen LogP contribution in [-0.2, 0) is 11.2 Å². The van der Waals surface area contributed by atoms with Crippen molar-refractivity contribution in [1.29, 1.82) is 0 Å². The number of fused-ring (bicyclic) bond motifs is 1. The average Bonchev–Trinajstić information content (AvgIpc) is 2.93. The third-order valence-corrected chi connectivity index (χ3v) is 5.43. The summed E-state index contributed by atoms with van der Waals surface area (Å²) in [5, 5.41) is 5.90. The van der Waals surface area contributed by atoms with Gasteiger partial charge < -0.3 is 20.0 Å². The van der Waals surface area contributed by atoms with Gasteiger partial charge in [0.15, 0.2) is 0 Å². The van der Waals surface area contributed by atoms with Crippen molar-refractivity contribution in [2.45, 2.75) is 52.5 Å². The zero-order valence-electron chi connectivity index (χ0n) is 15.6. The Kier molecular flexibility index (Phi) is 4.80. The highest BCUT2D eigenvalue weighted by molar-refractivity contribution is 5.79. The number of piperidine rings is 1. The summed E-state index contributed by atoms with van der Waals surface area (Å²) in [6.45, 7) is 7.62. The van der Waals surface area contributed by atoms with Crippen LogP contribution in [0, 0.1) is 18.3 Å². The number of carbonyl (C=O) groups excluding carboxylic acids is 2. The zero-order chi connectivity index (χ0) is 18.2. The van der Waals surface area contributed by atoms with E-state index in [1.807, 2.05) is 17.9 Å². The second kappa shape index (κ2) is 6.73. The molecule has 25 heavy (non-hydrogen) atoms. The quantitative estimate of drug-likeness (QED) is 0.864. The Balaban J connectivity index is 1.64. The number of rotatable bonds is 2. The van der Waals surface area contributed by atoms with Crippen molar-refractivity contribution in [3.05, 3.63) is 23.2 Å². The molecule has 3 rings (SSSR count). The molecule has 0 unspecified atom stereocenters. The Morgan fingerprint density at radius 2 is 1.96 bits per heavy atom. The Bertz CT molecular complexity index is 657. The number of hydrogen-bond donors (Lipinski definition) is 2. The highest BCUT2D eigenvalue weighted by atomic mass is 16.3. The SMILES string of the molecule is CNC(=O)C1CCN(C(=O)N[C@@H]2CC(C)(C)Cc3oc(C)cc32)CC1. The van der Waals surface area contributed by atoms with E-state index < -0.39 is 0 Å². The molecule has 1 aliphatic heterocycles. The molecule has 6 nitrogen and oxygen atoms in total. The second-order valence-corrected chi connectivity index (χ2v) is 8.16. The van der Waals surface area contributed by atoms with Crippen LogP contribution in [0.5, 0.6) is 0 Å². The molecule has 2 aliphatic rings. The summed E-state index contributed by atoms with van der Waals surface area (Å²) in [5.41, 5.74) is 1.21. The molecule has 2 N–H and O–H groups in total. The fourth-order valence-electron chi connectivity index (χ4n) is 4.10. The molecule has 0 spiro atoms. The van der Waals surface area contributed by atoms with Gasteiger partial charge in [-0.15, -0.1) is 0 Å². The first-order chi connectivity index (χ1) is 11.8. The number of carbonyl (C=O) groups is 2. The van der Waals surface area contributed by atoms with Crippen LogP contribution in [0.25, 0.3) is 0 Å². The van der Waals surface area contributed by atoms with Gasteiger partial charge in [0.2, 0.25) is 5.91 Å². The summed E-state index contributed by atoms with van der Waals surface area (Å²) < 4.78 is 5.84. The van der Waals surface area contributed by atoms with E-state index in [-0.39, 0.29) is 29.3 Å². The smallest absolute Gasteiger partial charge is 0.317 e. The van der Waals surface area contributed by atoms with Crippen molar-refractivity contribution in [1.82, 2.24) is 15.5 Å². The third kappa shape index (κ3) is 3.83. The van der Waals surface area contributed by atoms with Crippen molar-refractivity contribution in [3.8, 4) is 0 Å². The van der Waals surface area contributed by atoms with E-state index in [4.69, 9.17) is 4.42 Å². The number of furan rings is 1. The normalized spacial score (nSPS) is 23.0. The minimum atomic E-state index is -0.0390. The molecule has 0 bridgehead atoms. The lowest BCUT2D eigenvalue weighted by Crippen LogP contribution is -2.48. The molecule has 6 heteroatoms. The summed E-state index contributed by atoms with van der Waals surface area (Å²) in [5.74, 6) is 1.99. The molecule has 0 aromatic carbocycles. The van der Waals surface area contributed by atoms with Gasteiger partial charge in [-0.05, 0) is 37.7 Å². The molecular formula is C19H29N3O3. The van der Waals surface area contributed by atoms with Gasteiger partial charge in [-0.25, -0.2) is 4.79 Å². The van der Waals surface area contributed by atoms with E-state index in [2.05, 4.69) is 24.5 Å². The summed E-state index contributed by atoms with van der Waals surface area (Å²) in [6, 6.07) is 2.00. The van der Waals surface area contributed by atoms with E-state index in [1.54, 1.807) is 7.05 Å². The second-order valence-electron chi connectivity index (χ2n) is 8.16. The van der Waals surface area contributed by atoms with Gasteiger partial charge in [0.25, 0.3) is 0 Å². The van der Waals surface area contributed by atoms with Crippen LogP contribution in [0.15, 0.2) is 10.5 Å². The maximum Gasteiger partial charge on any atom is 0.317 e. The predicted octanol–water partition coefficient (Wildman–Crippen LogP) is 2.77. The molecule has 2 heterocycles. The first-order valence-electron chi connectivity index (χ1n) is 9.15. The number of nitrogens with zero attached hydrogens (tertiary/aromatic N) is 1. The molecule has 1 aromatic rings. The maximum atomic E-state index is 12.7. The number of urea groups is 1. The van der Waals surface area contributed by atoms with Crippen LogP contribution in [0.1, 0.15) is 56.2 Å². The highest BCUT2D eigenvalue weighted by Gasteiger charge is 2.36. The molecule has 1 fully saturated rings. The summed E-state index contributed by atoms with van der Waals surface area (Å²) >= 11 is 0.